The van der Waals surface area contributed by atoms with Gasteiger partial charge < -0.3 is 9.15 Å². The van der Waals surface area contributed by atoms with E-state index < -0.39 is 11.8 Å². The first-order chi connectivity index (χ1) is 10.7. The van der Waals surface area contributed by atoms with Crippen LogP contribution in [0.3, 0.4) is 0 Å². The molecule has 0 bridgehead atoms. The molecule has 0 atom stereocenters. The Balaban J connectivity index is 1.90. The molecule has 2 N–H and O–H groups in total. The van der Waals surface area contributed by atoms with Gasteiger partial charge in [0.05, 0.1) is 12.9 Å². The third kappa shape index (κ3) is 4.24. The van der Waals surface area contributed by atoms with Crippen LogP contribution < -0.4 is 15.6 Å². The number of furan rings is 1. The lowest BCUT2D eigenvalue weighted by Crippen LogP contribution is -2.40. The van der Waals surface area contributed by atoms with Gasteiger partial charge in [-0.25, -0.2) is 0 Å². The molecule has 2 rings (SSSR count). The topological polar surface area (TPSA) is 80.6 Å². The van der Waals surface area contributed by atoms with Gasteiger partial charge in [0.2, 0.25) is 0 Å². The Morgan fingerprint density at radius 3 is 2.73 bits per heavy atom. The van der Waals surface area contributed by atoms with Crippen LogP contribution in [0.25, 0.3) is 6.08 Å². The van der Waals surface area contributed by atoms with Crippen LogP contribution in [0.15, 0.2) is 53.2 Å². The lowest BCUT2D eigenvalue weighted by Gasteiger charge is -2.06. The SMILES string of the molecule is CCOc1ccccc1/C=C/C(=O)NNC(=O)c1ccco1. The van der Waals surface area contributed by atoms with Crippen molar-refractivity contribution in [1.82, 2.24) is 10.9 Å². The Labute approximate surface area is 127 Å². The van der Waals surface area contributed by atoms with Crippen LogP contribution >= 0.6 is 0 Å². The monoisotopic (exact) mass is 300 g/mol. The molecule has 0 aliphatic carbocycles. The quantitative estimate of drug-likeness (QED) is 0.655. The minimum atomic E-state index is -0.526. The first-order valence-electron chi connectivity index (χ1n) is 6.74. The number of benzene rings is 1. The van der Waals surface area contributed by atoms with Gasteiger partial charge in [0.15, 0.2) is 5.76 Å². The predicted octanol–water partition coefficient (Wildman–Crippen LogP) is 2.15. The zero-order valence-corrected chi connectivity index (χ0v) is 12.0. The molecule has 0 unspecified atom stereocenters. The van der Waals surface area contributed by atoms with Crippen molar-refractivity contribution in [2.24, 2.45) is 0 Å². The molecule has 0 saturated heterocycles. The molecule has 2 amide bonds. The van der Waals surface area contributed by atoms with Gasteiger partial charge in [-0.3, -0.25) is 20.4 Å². The number of rotatable bonds is 5. The maximum absolute atomic E-state index is 11.7. The van der Waals surface area contributed by atoms with Gasteiger partial charge in [-0.2, -0.15) is 0 Å². The molecule has 6 nitrogen and oxygen atoms in total. The molecule has 0 spiro atoms. The summed E-state index contributed by atoms with van der Waals surface area (Å²) in [5.41, 5.74) is 5.29. The van der Waals surface area contributed by atoms with E-state index in [4.69, 9.17) is 9.15 Å². The maximum Gasteiger partial charge on any atom is 0.305 e. The molecule has 22 heavy (non-hydrogen) atoms. The van der Waals surface area contributed by atoms with Gasteiger partial charge in [0.1, 0.15) is 5.75 Å². The van der Waals surface area contributed by atoms with Gasteiger partial charge in [0.25, 0.3) is 5.91 Å². The highest BCUT2D eigenvalue weighted by molar-refractivity contribution is 5.96. The second-order valence-electron chi connectivity index (χ2n) is 4.22. The molecule has 0 fully saturated rings. The largest absolute Gasteiger partial charge is 0.493 e. The van der Waals surface area contributed by atoms with Crippen molar-refractivity contribution >= 4 is 17.9 Å². The van der Waals surface area contributed by atoms with Crippen LogP contribution in [-0.4, -0.2) is 18.4 Å². The number of hydrogen-bond donors (Lipinski definition) is 2. The lowest BCUT2D eigenvalue weighted by atomic mass is 10.2. The normalized spacial score (nSPS) is 10.4. The van der Waals surface area contributed by atoms with Gasteiger partial charge >= 0.3 is 5.91 Å². The van der Waals surface area contributed by atoms with E-state index in [9.17, 15) is 9.59 Å². The highest BCUT2D eigenvalue weighted by atomic mass is 16.5. The second-order valence-corrected chi connectivity index (χ2v) is 4.22. The standard InChI is InChI=1S/C16H16N2O4/c1-2-21-13-7-4-3-6-12(13)9-10-15(19)17-18-16(20)14-8-5-11-22-14/h3-11H,2H2,1H3,(H,17,19)(H,18,20)/b10-9+. The van der Waals surface area contributed by atoms with Crippen LogP contribution in [0.1, 0.15) is 23.0 Å². The van der Waals surface area contributed by atoms with Crippen molar-refractivity contribution in [3.63, 3.8) is 0 Å². The van der Waals surface area contributed by atoms with Gasteiger partial charge in [-0.1, -0.05) is 18.2 Å². The molecule has 114 valence electrons. The Morgan fingerprint density at radius 2 is 2.00 bits per heavy atom. The Morgan fingerprint density at radius 1 is 1.18 bits per heavy atom. The van der Waals surface area contributed by atoms with Crippen molar-refractivity contribution in [3.05, 3.63) is 60.1 Å². The number of hydrogen-bond acceptors (Lipinski definition) is 4. The number of ether oxygens (including phenoxy) is 1. The van der Waals surface area contributed by atoms with Gasteiger partial charge in [-0.05, 0) is 31.2 Å². The van der Waals surface area contributed by atoms with E-state index in [1.54, 1.807) is 12.1 Å². The number of carbonyl (C=O) groups excluding carboxylic acids is 2. The molecule has 0 aliphatic rings. The van der Waals surface area contributed by atoms with Crippen LogP contribution in [0.4, 0.5) is 0 Å². The van der Waals surface area contributed by atoms with E-state index in [2.05, 4.69) is 10.9 Å². The van der Waals surface area contributed by atoms with E-state index in [1.165, 1.54) is 18.4 Å². The molecule has 1 heterocycles. The van der Waals surface area contributed by atoms with Crippen molar-refractivity contribution < 1.29 is 18.7 Å². The second kappa shape index (κ2) is 7.68. The van der Waals surface area contributed by atoms with E-state index in [-0.39, 0.29) is 5.76 Å². The van der Waals surface area contributed by atoms with E-state index in [0.29, 0.717) is 12.4 Å². The summed E-state index contributed by atoms with van der Waals surface area (Å²) in [6, 6.07) is 10.4. The third-order valence-electron chi connectivity index (χ3n) is 2.68. The fourth-order valence-corrected chi connectivity index (χ4v) is 1.70. The average Bonchev–Trinajstić information content (AvgIpc) is 3.06. The Hall–Kier alpha value is -3.02. The highest BCUT2D eigenvalue weighted by Crippen LogP contribution is 2.19. The molecule has 0 radical (unpaired) electrons. The molecule has 6 heteroatoms. The first kappa shape index (κ1) is 15.4. The van der Waals surface area contributed by atoms with E-state index >= 15 is 0 Å². The summed E-state index contributed by atoms with van der Waals surface area (Å²) >= 11 is 0. The molecule has 1 aromatic heterocycles. The van der Waals surface area contributed by atoms with Crippen LogP contribution in [0.5, 0.6) is 5.75 Å². The zero-order chi connectivity index (χ0) is 15.8. The summed E-state index contributed by atoms with van der Waals surface area (Å²) < 4.78 is 10.4. The predicted molar refractivity (Wildman–Crippen MR) is 81.0 cm³/mol. The summed E-state index contributed by atoms with van der Waals surface area (Å²) in [5, 5.41) is 0. The Bertz CT molecular complexity index is 663. The summed E-state index contributed by atoms with van der Waals surface area (Å²) in [6.07, 6.45) is 4.29. The highest BCUT2D eigenvalue weighted by Gasteiger charge is 2.08. The number of nitrogens with one attached hydrogen (secondary N) is 2. The van der Waals surface area contributed by atoms with Gasteiger partial charge in [-0.15, -0.1) is 0 Å². The van der Waals surface area contributed by atoms with Crippen LogP contribution in [0.2, 0.25) is 0 Å². The smallest absolute Gasteiger partial charge is 0.305 e. The average molecular weight is 300 g/mol. The minimum Gasteiger partial charge on any atom is -0.493 e. The third-order valence-corrected chi connectivity index (χ3v) is 2.68. The fourth-order valence-electron chi connectivity index (χ4n) is 1.70. The van der Waals surface area contributed by atoms with Crippen molar-refractivity contribution in [3.8, 4) is 5.75 Å². The number of hydrazine groups is 1. The Kier molecular flexibility index (Phi) is 5.37. The van der Waals surface area contributed by atoms with Crippen molar-refractivity contribution in [2.45, 2.75) is 6.92 Å². The summed E-state index contributed by atoms with van der Waals surface area (Å²) in [4.78, 5) is 23.2. The lowest BCUT2D eigenvalue weighted by molar-refractivity contribution is -0.117. The maximum atomic E-state index is 11.7. The van der Waals surface area contributed by atoms with E-state index in [0.717, 1.165) is 5.56 Å². The molecular formula is C16H16N2O4. The molecule has 1 aromatic carbocycles. The van der Waals surface area contributed by atoms with Crippen LogP contribution in [-0.2, 0) is 4.79 Å². The molecule has 0 saturated carbocycles. The van der Waals surface area contributed by atoms with Crippen LogP contribution in [0, 0.1) is 0 Å². The minimum absolute atomic E-state index is 0.117. The zero-order valence-electron chi connectivity index (χ0n) is 12.0. The molecule has 2 aromatic rings. The number of carbonyl (C=O) groups is 2. The van der Waals surface area contributed by atoms with Crippen molar-refractivity contribution in [2.75, 3.05) is 6.61 Å². The van der Waals surface area contributed by atoms with Gasteiger partial charge in [0, 0.05) is 11.6 Å². The fraction of sp³-hybridized carbons (Fsp3) is 0.125. The number of amides is 2. The summed E-state index contributed by atoms with van der Waals surface area (Å²) in [5.74, 6) is -0.188. The first-order valence-corrected chi connectivity index (χ1v) is 6.74. The van der Waals surface area contributed by atoms with E-state index in [1.807, 2.05) is 31.2 Å². The summed E-state index contributed by atoms with van der Waals surface area (Å²) in [7, 11) is 0. The van der Waals surface area contributed by atoms with Crippen molar-refractivity contribution in [1.29, 1.82) is 0 Å². The molecular weight excluding hydrogens is 284 g/mol. The molecule has 0 aliphatic heterocycles. The number of para-hydroxylation sites is 1. The summed E-state index contributed by atoms with van der Waals surface area (Å²) in [6.45, 7) is 2.42.